The van der Waals surface area contributed by atoms with E-state index in [-0.39, 0.29) is 18.3 Å². The van der Waals surface area contributed by atoms with Crippen molar-refractivity contribution >= 4 is 18.3 Å². The number of benzene rings is 1. The molecule has 106 valence electrons. The number of aliphatic hydroxyl groups excluding tert-OH is 2. The van der Waals surface area contributed by atoms with Crippen LogP contribution in [0.4, 0.5) is 0 Å². The normalized spacial score (nSPS) is 23.8. The van der Waals surface area contributed by atoms with Crippen LogP contribution >= 0.6 is 12.4 Å². The molecule has 0 aromatic heterocycles. The summed E-state index contributed by atoms with van der Waals surface area (Å²) in [7, 11) is 0. The molecule has 1 aliphatic heterocycles. The van der Waals surface area contributed by atoms with Crippen molar-refractivity contribution in [1.82, 2.24) is 4.90 Å². The molecule has 6 heteroatoms. The molecule has 0 saturated carbocycles. The van der Waals surface area contributed by atoms with Crippen LogP contribution in [0, 0.1) is 0 Å². The van der Waals surface area contributed by atoms with E-state index in [0.717, 1.165) is 5.56 Å². The van der Waals surface area contributed by atoms with Crippen LogP contribution in [0.1, 0.15) is 12.0 Å². The van der Waals surface area contributed by atoms with E-state index in [0.29, 0.717) is 19.4 Å². The third kappa shape index (κ3) is 3.67. The number of carbonyl (C=O) groups is 1. The zero-order valence-corrected chi connectivity index (χ0v) is 11.3. The summed E-state index contributed by atoms with van der Waals surface area (Å²) in [5, 5.41) is 19.0. The Kier molecular flexibility index (Phi) is 5.75. The topological polar surface area (TPSA) is 86.8 Å². The van der Waals surface area contributed by atoms with Crippen molar-refractivity contribution in [1.29, 1.82) is 0 Å². The number of likely N-dealkylation sites (tertiary alicyclic amines) is 1. The number of hydrogen-bond donors (Lipinski definition) is 3. The van der Waals surface area contributed by atoms with E-state index in [1.54, 1.807) is 0 Å². The fourth-order valence-electron chi connectivity index (χ4n) is 2.17. The van der Waals surface area contributed by atoms with Crippen LogP contribution in [-0.2, 0) is 11.2 Å². The summed E-state index contributed by atoms with van der Waals surface area (Å²) >= 11 is 0. The summed E-state index contributed by atoms with van der Waals surface area (Å²) in [6, 6.07) is 8.80. The molecule has 1 aromatic rings. The summed E-state index contributed by atoms with van der Waals surface area (Å²) < 4.78 is 0. The summed E-state index contributed by atoms with van der Waals surface area (Å²) in [6.45, 7) is 0.351. The third-order valence-electron chi connectivity index (χ3n) is 3.23. The highest BCUT2D eigenvalue weighted by Gasteiger charge is 2.36. The fraction of sp³-hybridized carbons (Fsp3) is 0.462. The lowest BCUT2D eigenvalue weighted by Gasteiger charge is -2.24. The largest absolute Gasteiger partial charge is 0.388 e. The Morgan fingerprint density at radius 1 is 1.37 bits per heavy atom. The number of halogens is 1. The van der Waals surface area contributed by atoms with E-state index in [1.165, 1.54) is 4.90 Å². The van der Waals surface area contributed by atoms with Gasteiger partial charge >= 0.3 is 0 Å². The Morgan fingerprint density at radius 3 is 2.53 bits per heavy atom. The molecule has 3 atom stereocenters. The molecule has 0 aliphatic carbocycles. The maximum Gasteiger partial charge on any atom is 0.241 e. The molecule has 4 N–H and O–H groups in total. The fourth-order valence-corrected chi connectivity index (χ4v) is 2.17. The van der Waals surface area contributed by atoms with E-state index < -0.39 is 18.4 Å². The minimum absolute atomic E-state index is 0. The lowest BCUT2D eigenvalue weighted by molar-refractivity contribution is -0.143. The summed E-state index contributed by atoms with van der Waals surface area (Å²) in [5.74, 6) is -0.317. The van der Waals surface area contributed by atoms with Gasteiger partial charge in [0.25, 0.3) is 0 Å². The maximum atomic E-state index is 12.0. The summed E-state index contributed by atoms with van der Waals surface area (Å²) in [6.07, 6.45) is -1.17. The van der Waals surface area contributed by atoms with E-state index in [1.807, 2.05) is 30.3 Å². The van der Waals surface area contributed by atoms with Crippen molar-refractivity contribution in [2.75, 3.05) is 6.54 Å². The first-order valence-corrected chi connectivity index (χ1v) is 6.05. The monoisotopic (exact) mass is 286 g/mol. The van der Waals surface area contributed by atoms with Crippen LogP contribution in [-0.4, -0.2) is 45.9 Å². The molecule has 1 amide bonds. The molecule has 1 heterocycles. The smallest absolute Gasteiger partial charge is 0.241 e. The molecule has 0 spiro atoms. The van der Waals surface area contributed by atoms with Gasteiger partial charge in [0.15, 0.2) is 6.23 Å². The molecule has 0 bridgehead atoms. The highest BCUT2D eigenvalue weighted by molar-refractivity contribution is 5.85. The molecular weight excluding hydrogens is 268 g/mol. The first-order valence-electron chi connectivity index (χ1n) is 6.05. The number of rotatable bonds is 3. The van der Waals surface area contributed by atoms with Gasteiger partial charge in [0.1, 0.15) is 6.10 Å². The van der Waals surface area contributed by atoms with Gasteiger partial charge in [-0.2, -0.15) is 0 Å². The molecule has 2 rings (SSSR count). The lowest BCUT2D eigenvalue weighted by atomic mass is 10.1. The molecule has 0 radical (unpaired) electrons. The van der Waals surface area contributed by atoms with Crippen LogP contribution in [0.2, 0.25) is 0 Å². The van der Waals surface area contributed by atoms with Crippen molar-refractivity contribution in [3.05, 3.63) is 35.9 Å². The highest BCUT2D eigenvalue weighted by atomic mass is 35.5. The molecule has 1 unspecified atom stereocenters. The summed E-state index contributed by atoms with van der Waals surface area (Å²) in [5.41, 5.74) is 6.83. The second-order valence-corrected chi connectivity index (χ2v) is 4.60. The number of aliphatic hydroxyl groups is 2. The van der Waals surface area contributed by atoms with Crippen LogP contribution < -0.4 is 5.73 Å². The quantitative estimate of drug-likeness (QED) is 0.724. The van der Waals surface area contributed by atoms with E-state index in [9.17, 15) is 15.0 Å². The minimum atomic E-state index is -1.13. The van der Waals surface area contributed by atoms with Gasteiger partial charge in [-0.1, -0.05) is 30.3 Å². The standard InChI is InChI=1S/C13H18N2O3.ClH/c14-10(8-9-4-2-1-3-5-9)12(17)15-7-6-11(16)13(15)18;/h1-5,10-11,13,16,18H,6-8,14H2;1H/t10-,11+,13?;/m0./s1. The van der Waals surface area contributed by atoms with Gasteiger partial charge in [0.05, 0.1) is 6.04 Å². The third-order valence-corrected chi connectivity index (χ3v) is 3.23. The number of hydrogen-bond acceptors (Lipinski definition) is 4. The maximum absolute atomic E-state index is 12.0. The molecule has 5 nitrogen and oxygen atoms in total. The number of nitrogens with two attached hydrogens (primary N) is 1. The van der Waals surface area contributed by atoms with Crippen LogP contribution in [0.25, 0.3) is 0 Å². The SMILES string of the molecule is Cl.N[C@@H](Cc1ccccc1)C(=O)N1CC[C@@H](O)C1O. The Balaban J connectivity index is 0.00000180. The molecule has 1 fully saturated rings. The molecule has 1 aliphatic rings. The number of amides is 1. The van der Waals surface area contributed by atoms with Crippen molar-refractivity contribution in [3.63, 3.8) is 0 Å². The lowest BCUT2D eigenvalue weighted by Crippen LogP contribution is -2.48. The van der Waals surface area contributed by atoms with Crippen molar-refractivity contribution in [2.24, 2.45) is 5.73 Å². The Bertz CT molecular complexity index is 416. The van der Waals surface area contributed by atoms with Crippen LogP contribution in [0.5, 0.6) is 0 Å². The van der Waals surface area contributed by atoms with E-state index >= 15 is 0 Å². The van der Waals surface area contributed by atoms with Gasteiger partial charge in [-0.15, -0.1) is 12.4 Å². The van der Waals surface area contributed by atoms with Crippen LogP contribution in [0.15, 0.2) is 30.3 Å². The van der Waals surface area contributed by atoms with Gasteiger partial charge < -0.3 is 20.8 Å². The van der Waals surface area contributed by atoms with E-state index in [2.05, 4.69) is 0 Å². The summed E-state index contributed by atoms with van der Waals surface area (Å²) in [4.78, 5) is 13.3. The predicted octanol–water partition coefficient (Wildman–Crippen LogP) is -0.110. The van der Waals surface area contributed by atoms with Gasteiger partial charge in [-0.25, -0.2) is 0 Å². The van der Waals surface area contributed by atoms with Crippen molar-refractivity contribution < 1.29 is 15.0 Å². The molecule has 1 aromatic carbocycles. The first-order chi connectivity index (χ1) is 8.59. The number of carbonyl (C=O) groups excluding carboxylic acids is 1. The highest BCUT2D eigenvalue weighted by Crippen LogP contribution is 2.17. The molecule has 19 heavy (non-hydrogen) atoms. The Hall–Kier alpha value is -1.14. The van der Waals surface area contributed by atoms with Gasteiger partial charge in [0.2, 0.25) is 5.91 Å². The predicted molar refractivity (Wildman–Crippen MR) is 73.7 cm³/mol. The minimum Gasteiger partial charge on any atom is -0.388 e. The van der Waals surface area contributed by atoms with Crippen molar-refractivity contribution in [3.8, 4) is 0 Å². The molecule has 1 saturated heterocycles. The first kappa shape index (κ1) is 15.9. The van der Waals surface area contributed by atoms with Crippen molar-refractivity contribution in [2.45, 2.75) is 31.2 Å². The van der Waals surface area contributed by atoms with E-state index in [4.69, 9.17) is 5.73 Å². The second-order valence-electron chi connectivity index (χ2n) is 4.60. The van der Waals surface area contributed by atoms with Gasteiger partial charge in [-0.05, 0) is 18.4 Å². The van der Waals surface area contributed by atoms with Crippen LogP contribution in [0.3, 0.4) is 0 Å². The molecular formula is C13H19ClN2O3. The second kappa shape index (κ2) is 6.86. The van der Waals surface area contributed by atoms with Gasteiger partial charge in [0, 0.05) is 6.54 Å². The number of nitrogens with zero attached hydrogens (tertiary/aromatic N) is 1. The Morgan fingerprint density at radius 2 is 2.00 bits per heavy atom. The average molecular weight is 287 g/mol. The average Bonchev–Trinajstić information content (AvgIpc) is 2.70. The van der Waals surface area contributed by atoms with Gasteiger partial charge in [-0.3, -0.25) is 4.79 Å². The zero-order valence-electron chi connectivity index (χ0n) is 10.5. The Labute approximate surface area is 118 Å². The zero-order chi connectivity index (χ0) is 13.1.